The van der Waals surface area contributed by atoms with Crippen molar-refractivity contribution in [3.8, 4) is 5.75 Å². The number of aromatic nitrogens is 2. The minimum atomic E-state index is -0.585. The minimum absolute atomic E-state index is 0.118. The number of phenols is 1. The van der Waals surface area contributed by atoms with Crippen LogP contribution < -0.4 is 0 Å². The summed E-state index contributed by atoms with van der Waals surface area (Å²) in [5.74, 6) is 0.118. The van der Waals surface area contributed by atoms with Crippen LogP contribution in [0, 0.1) is 0 Å². The molecule has 6 heteroatoms. The summed E-state index contributed by atoms with van der Waals surface area (Å²) in [6, 6.07) is 4.65. The van der Waals surface area contributed by atoms with Crippen LogP contribution >= 0.6 is 15.9 Å². The van der Waals surface area contributed by atoms with E-state index in [1.54, 1.807) is 26.8 Å². The van der Waals surface area contributed by atoms with E-state index < -0.39 is 11.7 Å². The fourth-order valence-corrected chi connectivity index (χ4v) is 1.99. The minimum Gasteiger partial charge on any atom is -0.508 e. The lowest BCUT2D eigenvalue weighted by Gasteiger charge is -2.19. The Morgan fingerprint density at radius 3 is 2.72 bits per heavy atom. The van der Waals surface area contributed by atoms with Gasteiger partial charge in [-0.25, -0.2) is 4.79 Å². The Balaban J connectivity index is 2.49. The van der Waals surface area contributed by atoms with Gasteiger partial charge < -0.3 is 9.84 Å². The third-order valence-corrected chi connectivity index (χ3v) is 2.77. The highest BCUT2D eigenvalue weighted by Gasteiger charge is 2.21. The van der Waals surface area contributed by atoms with Crippen molar-refractivity contribution in [3.05, 3.63) is 22.8 Å². The first-order valence-electron chi connectivity index (χ1n) is 5.38. The quantitative estimate of drug-likeness (QED) is 0.810. The average Bonchev–Trinajstić information content (AvgIpc) is 2.54. The number of phenolic OH excluding ortho intramolecular Hbond substituents is 1. The summed E-state index contributed by atoms with van der Waals surface area (Å²) in [6.07, 6.45) is -0.552. The molecule has 0 fully saturated rings. The molecule has 0 radical (unpaired) electrons. The monoisotopic (exact) mass is 312 g/mol. The van der Waals surface area contributed by atoms with Crippen LogP contribution in [0.2, 0.25) is 0 Å². The Bertz CT molecular complexity index is 614. The van der Waals surface area contributed by atoms with Crippen molar-refractivity contribution in [3.63, 3.8) is 0 Å². The van der Waals surface area contributed by atoms with Crippen molar-refractivity contribution in [1.82, 2.24) is 9.78 Å². The summed E-state index contributed by atoms with van der Waals surface area (Å²) < 4.78 is 6.91. The van der Waals surface area contributed by atoms with E-state index in [-0.39, 0.29) is 5.75 Å². The number of rotatable bonds is 0. The summed E-state index contributed by atoms with van der Waals surface area (Å²) in [4.78, 5) is 12.0. The van der Waals surface area contributed by atoms with Gasteiger partial charge in [-0.2, -0.15) is 9.78 Å². The lowest BCUT2D eigenvalue weighted by atomic mass is 10.2. The Kier molecular flexibility index (Phi) is 3.06. The van der Waals surface area contributed by atoms with E-state index in [9.17, 15) is 9.90 Å². The van der Waals surface area contributed by atoms with Gasteiger partial charge in [0.05, 0.1) is 5.52 Å². The van der Waals surface area contributed by atoms with Crippen LogP contribution in [0.4, 0.5) is 4.79 Å². The third kappa shape index (κ3) is 2.48. The molecular formula is C12H13BrN2O3. The lowest BCUT2D eigenvalue weighted by Crippen LogP contribution is -2.27. The highest BCUT2D eigenvalue weighted by atomic mass is 79.9. The molecule has 0 aliphatic rings. The number of hydrogen-bond acceptors (Lipinski definition) is 4. The second-order valence-electron chi connectivity index (χ2n) is 4.88. The molecular weight excluding hydrogens is 300 g/mol. The van der Waals surface area contributed by atoms with Crippen molar-refractivity contribution < 1.29 is 14.6 Å². The first-order chi connectivity index (χ1) is 8.28. The normalized spacial score (nSPS) is 11.8. The van der Waals surface area contributed by atoms with Gasteiger partial charge in [-0.3, -0.25) is 0 Å². The summed E-state index contributed by atoms with van der Waals surface area (Å²) in [7, 11) is 0. The molecule has 18 heavy (non-hydrogen) atoms. The van der Waals surface area contributed by atoms with E-state index in [2.05, 4.69) is 21.0 Å². The van der Waals surface area contributed by atoms with Crippen LogP contribution in [0.1, 0.15) is 20.8 Å². The largest absolute Gasteiger partial charge is 0.508 e. The molecule has 0 aliphatic carbocycles. The summed E-state index contributed by atoms with van der Waals surface area (Å²) in [6.45, 7) is 5.37. The van der Waals surface area contributed by atoms with Gasteiger partial charge in [0, 0.05) is 5.39 Å². The van der Waals surface area contributed by atoms with Crippen LogP contribution in [0.5, 0.6) is 5.75 Å². The third-order valence-electron chi connectivity index (χ3n) is 2.18. The summed E-state index contributed by atoms with van der Waals surface area (Å²) in [5.41, 5.74) is -0.00686. The van der Waals surface area contributed by atoms with Crippen LogP contribution in [0.25, 0.3) is 10.9 Å². The standard InChI is InChI=1S/C12H13BrN2O3/c1-12(2,3)18-11(17)15-9-5-4-7(16)6-8(9)10(13)14-15/h4-6,16H,1-3H3. The predicted molar refractivity (Wildman–Crippen MR) is 70.7 cm³/mol. The SMILES string of the molecule is CC(C)(C)OC(=O)n1nc(Br)c2cc(O)ccc21. The Morgan fingerprint density at radius 1 is 1.44 bits per heavy atom. The van der Waals surface area contributed by atoms with Crippen molar-refractivity contribution in [2.75, 3.05) is 0 Å². The molecule has 0 saturated heterocycles. The fraction of sp³-hybridized carbons (Fsp3) is 0.333. The Labute approximate surface area is 112 Å². The molecule has 1 heterocycles. The van der Waals surface area contributed by atoms with Gasteiger partial charge in [0.2, 0.25) is 0 Å². The second kappa shape index (κ2) is 4.28. The van der Waals surface area contributed by atoms with Crippen LogP contribution in [0.15, 0.2) is 22.8 Å². The molecule has 0 amide bonds. The topological polar surface area (TPSA) is 64.4 Å². The highest BCUT2D eigenvalue weighted by molar-refractivity contribution is 9.10. The highest BCUT2D eigenvalue weighted by Crippen LogP contribution is 2.27. The van der Waals surface area contributed by atoms with E-state index in [0.29, 0.717) is 15.5 Å². The molecule has 0 bridgehead atoms. The number of halogens is 1. The number of nitrogens with zero attached hydrogens (tertiary/aromatic N) is 2. The number of aromatic hydroxyl groups is 1. The molecule has 0 unspecified atom stereocenters. The van der Waals surface area contributed by atoms with Gasteiger partial charge in [0.25, 0.3) is 0 Å². The number of fused-ring (bicyclic) bond motifs is 1. The maximum atomic E-state index is 12.0. The van der Waals surface area contributed by atoms with Crippen molar-refractivity contribution in [1.29, 1.82) is 0 Å². The van der Waals surface area contributed by atoms with E-state index >= 15 is 0 Å². The maximum Gasteiger partial charge on any atom is 0.435 e. The molecule has 0 saturated carbocycles. The van der Waals surface area contributed by atoms with E-state index in [0.717, 1.165) is 0 Å². The first-order valence-corrected chi connectivity index (χ1v) is 6.18. The lowest BCUT2D eigenvalue weighted by molar-refractivity contribution is 0.0522. The Morgan fingerprint density at radius 2 is 2.11 bits per heavy atom. The van der Waals surface area contributed by atoms with Crippen molar-refractivity contribution >= 4 is 32.9 Å². The number of carbonyl (C=O) groups is 1. The predicted octanol–water partition coefficient (Wildman–Crippen LogP) is 3.29. The molecule has 2 aromatic rings. The van der Waals surface area contributed by atoms with Crippen LogP contribution in [-0.2, 0) is 4.74 Å². The number of hydrogen-bond donors (Lipinski definition) is 1. The molecule has 0 spiro atoms. The first kappa shape index (κ1) is 12.9. The fourth-order valence-electron chi connectivity index (χ4n) is 1.51. The molecule has 2 rings (SSSR count). The van der Waals surface area contributed by atoms with Crippen LogP contribution in [-0.4, -0.2) is 26.6 Å². The molecule has 96 valence electrons. The van der Waals surface area contributed by atoms with Gasteiger partial charge in [0.15, 0.2) is 0 Å². The van der Waals surface area contributed by atoms with E-state index in [4.69, 9.17) is 4.74 Å². The molecule has 1 aromatic heterocycles. The van der Waals surface area contributed by atoms with E-state index in [1.165, 1.54) is 16.8 Å². The van der Waals surface area contributed by atoms with Gasteiger partial charge in [-0.05, 0) is 54.9 Å². The van der Waals surface area contributed by atoms with Gasteiger partial charge >= 0.3 is 6.09 Å². The molecule has 5 nitrogen and oxygen atoms in total. The van der Waals surface area contributed by atoms with Gasteiger partial charge in [-0.15, -0.1) is 0 Å². The van der Waals surface area contributed by atoms with Crippen molar-refractivity contribution in [2.24, 2.45) is 0 Å². The average molecular weight is 313 g/mol. The van der Waals surface area contributed by atoms with E-state index in [1.807, 2.05) is 0 Å². The zero-order chi connectivity index (χ0) is 13.5. The maximum absolute atomic E-state index is 12.0. The molecule has 0 atom stereocenters. The number of carbonyl (C=O) groups excluding carboxylic acids is 1. The van der Waals surface area contributed by atoms with Crippen molar-refractivity contribution in [2.45, 2.75) is 26.4 Å². The zero-order valence-electron chi connectivity index (χ0n) is 10.3. The smallest absolute Gasteiger partial charge is 0.435 e. The summed E-state index contributed by atoms with van der Waals surface area (Å²) in [5, 5.41) is 14.1. The van der Waals surface area contributed by atoms with Gasteiger partial charge in [-0.1, -0.05) is 0 Å². The molecule has 1 N–H and O–H groups in total. The van der Waals surface area contributed by atoms with Crippen LogP contribution in [0.3, 0.4) is 0 Å². The Hall–Kier alpha value is -1.56. The summed E-state index contributed by atoms with van der Waals surface area (Å²) >= 11 is 3.25. The second-order valence-corrected chi connectivity index (χ2v) is 5.64. The number of benzene rings is 1. The molecule has 0 aliphatic heterocycles. The zero-order valence-corrected chi connectivity index (χ0v) is 11.9. The van der Waals surface area contributed by atoms with Gasteiger partial charge in [0.1, 0.15) is 16.0 Å². The molecule has 1 aromatic carbocycles. The number of ether oxygens (including phenoxy) is 1.